The van der Waals surface area contributed by atoms with E-state index in [4.69, 9.17) is 9.47 Å². The maximum Gasteiger partial charge on any atom is 0.369 e. The number of hydrogen-bond donors (Lipinski definition) is 1. The predicted octanol–water partition coefficient (Wildman–Crippen LogP) is 3.68. The molecule has 2 aromatic rings. The van der Waals surface area contributed by atoms with Gasteiger partial charge in [0.15, 0.2) is 0 Å². The number of carbonyl (C=O) groups excluding carboxylic acids is 1. The number of azo groups is 1. The average Bonchev–Trinajstić information content (AvgIpc) is 3.02. The van der Waals surface area contributed by atoms with Crippen LogP contribution in [0.25, 0.3) is 0 Å². The van der Waals surface area contributed by atoms with Gasteiger partial charge in [-0.25, -0.2) is 4.79 Å². The van der Waals surface area contributed by atoms with Crippen LogP contribution in [0.5, 0.6) is 0 Å². The van der Waals surface area contributed by atoms with E-state index in [0.717, 1.165) is 24.8 Å². The summed E-state index contributed by atoms with van der Waals surface area (Å²) in [7, 11) is 0. The molecular formula is C19H21N5O4. The van der Waals surface area contributed by atoms with Crippen LogP contribution >= 0.6 is 0 Å². The van der Waals surface area contributed by atoms with E-state index in [1.165, 1.54) is 0 Å². The van der Waals surface area contributed by atoms with E-state index in [1.54, 1.807) is 11.5 Å². The number of ether oxygens (including phenoxy) is 2. The molecule has 1 aromatic carbocycles. The van der Waals surface area contributed by atoms with Gasteiger partial charge in [0.25, 0.3) is 17.4 Å². The molecule has 1 saturated carbocycles. The Morgan fingerprint density at radius 1 is 1.11 bits per heavy atom. The normalized spacial score (nSPS) is 19.1. The molecule has 1 fully saturated rings. The summed E-state index contributed by atoms with van der Waals surface area (Å²) >= 11 is 0. The van der Waals surface area contributed by atoms with Gasteiger partial charge in [-0.15, -0.1) is 20.4 Å². The Kier molecular flexibility index (Phi) is 4.81. The highest BCUT2D eigenvalue weighted by Gasteiger charge is 2.45. The van der Waals surface area contributed by atoms with E-state index in [1.807, 2.05) is 30.3 Å². The highest BCUT2D eigenvalue weighted by Crippen LogP contribution is 2.38. The summed E-state index contributed by atoms with van der Waals surface area (Å²) in [6.07, 6.45) is 3.91. The lowest BCUT2D eigenvalue weighted by molar-refractivity contribution is -0.249. The minimum atomic E-state index is -1.08. The maximum absolute atomic E-state index is 12.4. The largest absolute Gasteiger partial charge is 0.479 e. The van der Waals surface area contributed by atoms with Crippen molar-refractivity contribution in [2.75, 3.05) is 0 Å². The minimum absolute atomic E-state index is 0.215. The first-order valence-corrected chi connectivity index (χ1v) is 9.27. The Labute approximate surface area is 161 Å². The number of benzene rings is 1. The smallest absolute Gasteiger partial charge is 0.369 e. The Bertz CT molecular complexity index is 929. The number of hydrogen-bond acceptors (Lipinski definition) is 8. The molecule has 0 bridgehead atoms. The van der Waals surface area contributed by atoms with Gasteiger partial charge in [-0.3, -0.25) is 4.57 Å². The third kappa shape index (κ3) is 3.60. The van der Waals surface area contributed by atoms with Crippen LogP contribution < -0.4 is 0 Å². The zero-order valence-corrected chi connectivity index (χ0v) is 15.5. The van der Waals surface area contributed by atoms with E-state index in [-0.39, 0.29) is 11.6 Å². The van der Waals surface area contributed by atoms with Gasteiger partial charge in [-0.05, 0) is 25.3 Å². The summed E-state index contributed by atoms with van der Waals surface area (Å²) in [5.74, 6) is -1.53. The number of carbonyl (C=O) groups is 1. The van der Waals surface area contributed by atoms with Gasteiger partial charge in [0, 0.05) is 12.8 Å². The molecule has 1 spiro atoms. The topological polar surface area (TPSA) is 111 Å². The summed E-state index contributed by atoms with van der Waals surface area (Å²) < 4.78 is 12.7. The molecule has 2 aliphatic rings. The fraction of sp³-hybridized carbons (Fsp3) is 0.421. The predicted molar refractivity (Wildman–Crippen MR) is 97.5 cm³/mol. The fourth-order valence-corrected chi connectivity index (χ4v) is 3.42. The fourth-order valence-electron chi connectivity index (χ4n) is 3.42. The lowest BCUT2D eigenvalue weighted by Crippen LogP contribution is -2.43. The first-order valence-electron chi connectivity index (χ1n) is 9.27. The van der Waals surface area contributed by atoms with Crippen LogP contribution in [0.3, 0.4) is 0 Å². The molecule has 0 radical (unpaired) electrons. The molecule has 0 unspecified atom stereocenters. The second kappa shape index (κ2) is 7.41. The van der Waals surface area contributed by atoms with Crippen molar-refractivity contribution in [2.24, 2.45) is 10.2 Å². The molecule has 146 valence electrons. The zero-order chi connectivity index (χ0) is 19.6. The number of aryl methyl sites for hydroxylation is 1. The van der Waals surface area contributed by atoms with Crippen LogP contribution in [0.15, 0.2) is 52.2 Å². The minimum Gasteiger partial charge on any atom is -0.479 e. The summed E-state index contributed by atoms with van der Waals surface area (Å²) in [6, 6.07) is 9.77. The highest BCUT2D eigenvalue weighted by atomic mass is 16.8. The summed E-state index contributed by atoms with van der Waals surface area (Å²) in [4.78, 5) is 12.4. The van der Waals surface area contributed by atoms with E-state index in [2.05, 4.69) is 20.4 Å². The first kappa shape index (κ1) is 18.1. The molecule has 9 nitrogen and oxygen atoms in total. The quantitative estimate of drug-likeness (QED) is 0.637. The van der Waals surface area contributed by atoms with Crippen molar-refractivity contribution in [3.63, 3.8) is 0 Å². The van der Waals surface area contributed by atoms with Crippen LogP contribution in [-0.4, -0.2) is 31.6 Å². The molecule has 0 atom stereocenters. The van der Waals surface area contributed by atoms with Crippen molar-refractivity contribution in [1.82, 2.24) is 14.8 Å². The van der Waals surface area contributed by atoms with Gasteiger partial charge in [-0.1, -0.05) is 36.8 Å². The lowest BCUT2D eigenvalue weighted by Gasteiger charge is -2.38. The van der Waals surface area contributed by atoms with Crippen LogP contribution in [0, 0.1) is 6.92 Å². The third-order valence-corrected chi connectivity index (χ3v) is 4.91. The van der Waals surface area contributed by atoms with Crippen molar-refractivity contribution in [3.05, 3.63) is 53.4 Å². The molecule has 0 amide bonds. The standard InChI is InChI=1S/C19H21N5O4/c1-13-20-22-18(24(13)12-14-8-4-2-5-9-14)23-21-15-16(25)27-19(28-17(15)26)10-6-3-7-11-19/h2,4-5,8-9,25H,3,6-7,10-12H2,1H3. The van der Waals surface area contributed by atoms with Gasteiger partial charge in [0.1, 0.15) is 5.82 Å². The van der Waals surface area contributed by atoms with Gasteiger partial charge >= 0.3 is 11.9 Å². The SMILES string of the molecule is Cc1nnc(N=NC2=C(O)OC3(CCCCC3)OC2=O)n1Cc1ccccc1. The van der Waals surface area contributed by atoms with Gasteiger partial charge in [0.2, 0.25) is 0 Å². The molecule has 1 aliphatic heterocycles. The molecule has 1 N–H and O–H groups in total. The monoisotopic (exact) mass is 383 g/mol. The summed E-state index contributed by atoms with van der Waals surface area (Å²) in [5, 5.41) is 26.0. The second-order valence-corrected chi connectivity index (χ2v) is 6.94. The van der Waals surface area contributed by atoms with E-state index in [0.29, 0.717) is 25.2 Å². The van der Waals surface area contributed by atoms with Crippen molar-refractivity contribution >= 4 is 11.9 Å². The lowest BCUT2D eigenvalue weighted by atomic mass is 9.93. The zero-order valence-electron chi connectivity index (χ0n) is 15.5. The third-order valence-electron chi connectivity index (χ3n) is 4.91. The Hall–Kier alpha value is -3.23. The molecule has 0 saturated heterocycles. The Balaban J connectivity index is 1.56. The van der Waals surface area contributed by atoms with Crippen molar-refractivity contribution in [2.45, 2.75) is 51.4 Å². The highest BCUT2D eigenvalue weighted by molar-refractivity contribution is 5.89. The van der Waals surface area contributed by atoms with Crippen LogP contribution in [-0.2, 0) is 20.8 Å². The van der Waals surface area contributed by atoms with Crippen LogP contribution in [0.2, 0.25) is 0 Å². The number of aliphatic hydroxyl groups is 1. The van der Waals surface area contributed by atoms with Gasteiger partial charge in [0.05, 0.1) is 6.54 Å². The number of aromatic nitrogens is 3. The van der Waals surface area contributed by atoms with Crippen molar-refractivity contribution in [3.8, 4) is 0 Å². The number of aliphatic hydroxyl groups excluding tert-OH is 1. The molecule has 28 heavy (non-hydrogen) atoms. The van der Waals surface area contributed by atoms with Crippen LogP contribution in [0.1, 0.15) is 43.5 Å². The first-order chi connectivity index (χ1) is 13.6. The average molecular weight is 383 g/mol. The Morgan fingerprint density at radius 3 is 2.57 bits per heavy atom. The Morgan fingerprint density at radius 2 is 1.86 bits per heavy atom. The summed E-state index contributed by atoms with van der Waals surface area (Å²) in [6.45, 7) is 2.31. The second-order valence-electron chi connectivity index (χ2n) is 6.94. The van der Waals surface area contributed by atoms with E-state index >= 15 is 0 Å². The van der Waals surface area contributed by atoms with Crippen molar-refractivity contribution in [1.29, 1.82) is 0 Å². The molecule has 1 aliphatic carbocycles. The van der Waals surface area contributed by atoms with E-state index in [9.17, 15) is 9.90 Å². The summed E-state index contributed by atoms with van der Waals surface area (Å²) in [5.41, 5.74) is 0.673. The number of esters is 1. The van der Waals surface area contributed by atoms with Gasteiger partial charge in [-0.2, -0.15) is 0 Å². The van der Waals surface area contributed by atoms with E-state index < -0.39 is 17.7 Å². The van der Waals surface area contributed by atoms with Gasteiger partial charge < -0.3 is 14.6 Å². The molecular weight excluding hydrogens is 362 g/mol. The van der Waals surface area contributed by atoms with Crippen molar-refractivity contribution < 1.29 is 19.4 Å². The van der Waals surface area contributed by atoms with Crippen LogP contribution in [0.4, 0.5) is 5.95 Å². The molecule has 9 heteroatoms. The number of rotatable bonds is 4. The molecule has 4 rings (SSSR count). The number of nitrogens with zero attached hydrogens (tertiary/aromatic N) is 5. The molecule has 2 heterocycles. The maximum atomic E-state index is 12.4. The molecule has 1 aromatic heterocycles.